The third kappa shape index (κ3) is 2.84. The SMILES string of the molecule is COc1cc(C#N)cc([C@H](CF)N2CCNCC2)c1O. The molecule has 0 saturated carbocycles. The number of rotatable bonds is 4. The molecule has 1 aliphatic rings. The van der Waals surface area contributed by atoms with Crippen molar-refractivity contribution in [3.8, 4) is 17.6 Å². The quantitative estimate of drug-likeness (QED) is 0.866. The number of phenolic OH excluding ortho intramolecular Hbond substituents is 1. The van der Waals surface area contributed by atoms with Gasteiger partial charge in [0.15, 0.2) is 11.5 Å². The van der Waals surface area contributed by atoms with Crippen molar-refractivity contribution in [1.29, 1.82) is 5.26 Å². The molecule has 6 heteroatoms. The first-order valence-electron chi connectivity index (χ1n) is 6.53. The number of alkyl halides is 1. The van der Waals surface area contributed by atoms with E-state index in [4.69, 9.17) is 10.00 Å². The first-order valence-corrected chi connectivity index (χ1v) is 6.53. The van der Waals surface area contributed by atoms with Crippen LogP contribution in [0.4, 0.5) is 4.39 Å². The average molecular weight is 279 g/mol. The zero-order chi connectivity index (χ0) is 14.5. The Labute approximate surface area is 117 Å². The maximum atomic E-state index is 13.5. The largest absolute Gasteiger partial charge is 0.504 e. The van der Waals surface area contributed by atoms with E-state index in [9.17, 15) is 9.50 Å². The number of hydrogen-bond donors (Lipinski definition) is 2. The van der Waals surface area contributed by atoms with E-state index >= 15 is 0 Å². The van der Waals surface area contributed by atoms with Gasteiger partial charge in [0.25, 0.3) is 0 Å². The van der Waals surface area contributed by atoms with Crippen LogP contribution in [0.25, 0.3) is 0 Å². The summed E-state index contributed by atoms with van der Waals surface area (Å²) in [5, 5.41) is 22.4. The van der Waals surface area contributed by atoms with Crippen LogP contribution in [-0.4, -0.2) is 50.0 Å². The molecule has 108 valence electrons. The molecular weight excluding hydrogens is 261 g/mol. The molecule has 1 aromatic rings. The van der Waals surface area contributed by atoms with Crippen molar-refractivity contribution >= 4 is 0 Å². The molecule has 1 fully saturated rings. The second kappa shape index (κ2) is 6.55. The first-order chi connectivity index (χ1) is 9.71. The maximum absolute atomic E-state index is 13.5. The molecule has 0 aromatic heterocycles. The summed E-state index contributed by atoms with van der Waals surface area (Å²) >= 11 is 0. The number of aromatic hydroxyl groups is 1. The highest BCUT2D eigenvalue weighted by Crippen LogP contribution is 2.37. The van der Waals surface area contributed by atoms with E-state index in [1.807, 2.05) is 11.0 Å². The van der Waals surface area contributed by atoms with Gasteiger partial charge in [-0.15, -0.1) is 0 Å². The molecule has 0 spiro atoms. The van der Waals surface area contributed by atoms with E-state index in [0.717, 1.165) is 13.1 Å². The molecule has 20 heavy (non-hydrogen) atoms. The molecular formula is C14H18FN3O2. The smallest absolute Gasteiger partial charge is 0.162 e. The third-order valence-corrected chi connectivity index (χ3v) is 3.55. The van der Waals surface area contributed by atoms with Crippen molar-refractivity contribution in [1.82, 2.24) is 10.2 Å². The number of nitriles is 1. The topological polar surface area (TPSA) is 68.5 Å². The van der Waals surface area contributed by atoms with E-state index in [1.165, 1.54) is 19.2 Å². The number of nitrogens with one attached hydrogen (secondary N) is 1. The second-order valence-electron chi connectivity index (χ2n) is 4.68. The van der Waals surface area contributed by atoms with Gasteiger partial charge < -0.3 is 15.2 Å². The Morgan fingerprint density at radius 3 is 2.75 bits per heavy atom. The highest BCUT2D eigenvalue weighted by Gasteiger charge is 2.26. The summed E-state index contributed by atoms with van der Waals surface area (Å²) in [7, 11) is 1.41. The van der Waals surface area contributed by atoms with Crippen LogP contribution >= 0.6 is 0 Å². The third-order valence-electron chi connectivity index (χ3n) is 3.55. The Hall–Kier alpha value is -1.84. The number of methoxy groups -OCH3 is 1. The lowest BCUT2D eigenvalue weighted by Crippen LogP contribution is -2.45. The van der Waals surface area contributed by atoms with Crippen LogP contribution in [-0.2, 0) is 0 Å². The minimum Gasteiger partial charge on any atom is -0.504 e. The second-order valence-corrected chi connectivity index (χ2v) is 4.68. The average Bonchev–Trinajstić information content (AvgIpc) is 2.50. The summed E-state index contributed by atoms with van der Waals surface area (Å²) < 4.78 is 18.5. The number of piperazine rings is 1. The Kier molecular flexibility index (Phi) is 4.77. The fourth-order valence-electron chi connectivity index (χ4n) is 2.47. The zero-order valence-electron chi connectivity index (χ0n) is 11.4. The van der Waals surface area contributed by atoms with Crippen molar-refractivity contribution in [2.75, 3.05) is 40.0 Å². The van der Waals surface area contributed by atoms with Crippen LogP contribution in [0.15, 0.2) is 12.1 Å². The van der Waals surface area contributed by atoms with Gasteiger partial charge in [0, 0.05) is 37.8 Å². The van der Waals surface area contributed by atoms with Crippen molar-refractivity contribution in [3.05, 3.63) is 23.3 Å². The number of nitrogens with zero attached hydrogens (tertiary/aromatic N) is 2. The van der Waals surface area contributed by atoms with E-state index in [2.05, 4.69) is 5.32 Å². The van der Waals surface area contributed by atoms with Gasteiger partial charge in [-0.3, -0.25) is 4.90 Å². The highest BCUT2D eigenvalue weighted by atomic mass is 19.1. The Bertz CT molecular complexity index is 510. The molecule has 0 bridgehead atoms. The monoisotopic (exact) mass is 279 g/mol. The molecule has 2 rings (SSSR count). The number of ether oxygens (including phenoxy) is 1. The normalized spacial score (nSPS) is 17.4. The van der Waals surface area contributed by atoms with E-state index in [-0.39, 0.29) is 11.5 Å². The molecule has 1 atom stereocenters. The molecule has 1 saturated heterocycles. The molecule has 1 aliphatic heterocycles. The van der Waals surface area contributed by atoms with Gasteiger partial charge >= 0.3 is 0 Å². The fraction of sp³-hybridized carbons (Fsp3) is 0.500. The van der Waals surface area contributed by atoms with Crippen molar-refractivity contribution in [3.63, 3.8) is 0 Å². The molecule has 2 N–H and O–H groups in total. The van der Waals surface area contributed by atoms with E-state index in [1.54, 1.807) is 0 Å². The molecule has 0 radical (unpaired) electrons. The fourth-order valence-corrected chi connectivity index (χ4v) is 2.47. The van der Waals surface area contributed by atoms with Gasteiger partial charge in [0.2, 0.25) is 0 Å². The molecule has 1 aromatic carbocycles. The lowest BCUT2D eigenvalue weighted by Gasteiger charge is -2.34. The van der Waals surface area contributed by atoms with Crippen LogP contribution in [0, 0.1) is 11.3 Å². The molecule has 1 heterocycles. The standard InChI is InChI=1S/C14H18FN3O2/c1-20-13-7-10(9-16)6-11(14(13)19)12(8-15)18-4-2-17-3-5-18/h6-7,12,17,19H,2-5,8H2,1H3/t12-/m0/s1. The Balaban J connectivity index is 2.40. The van der Waals surface area contributed by atoms with Gasteiger partial charge in [-0.1, -0.05) is 0 Å². The number of halogens is 1. The number of hydrogen-bond acceptors (Lipinski definition) is 5. The molecule has 0 amide bonds. The predicted octanol–water partition coefficient (Wildman–Crippen LogP) is 1.19. The number of benzene rings is 1. The molecule has 0 aliphatic carbocycles. The first kappa shape index (κ1) is 14.6. The van der Waals surface area contributed by atoms with Crippen molar-refractivity contribution in [2.45, 2.75) is 6.04 Å². The minimum absolute atomic E-state index is 0.0901. The van der Waals surface area contributed by atoms with Gasteiger partial charge in [0.05, 0.1) is 24.8 Å². The highest BCUT2D eigenvalue weighted by molar-refractivity contribution is 5.53. The Morgan fingerprint density at radius 2 is 2.20 bits per heavy atom. The molecule has 0 unspecified atom stereocenters. The van der Waals surface area contributed by atoms with Gasteiger partial charge in [-0.25, -0.2) is 4.39 Å². The van der Waals surface area contributed by atoms with Gasteiger partial charge in [0.1, 0.15) is 6.67 Å². The van der Waals surface area contributed by atoms with Crippen LogP contribution < -0.4 is 10.1 Å². The van der Waals surface area contributed by atoms with E-state index in [0.29, 0.717) is 24.2 Å². The van der Waals surface area contributed by atoms with Gasteiger partial charge in [-0.2, -0.15) is 5.26 Å². The number of phenols is 1. The van der Waals surface area contributed by atoms with Crippen LogP contribution in [0.1, 0.15) is 17.2 Å². The summed E-state index contributed by atoms with van der Waals surface area (Å²) in [4.78, 5) is 1.96. The lowest BCUT2D eigenvalue weighted by atomic mass is 10.0. The summed E-state index contributed by atoms with van der Waals surface area (Å²) in [6.07, 6.45) is 0. The van der Waals surface area contributed by atoms with Crippen LogP contribution in [0.3, 0.4) is 0 Å². The minimum atomic E-state index is -0.619. The van der Waals surface area contributed by atoms with Crippen LogP contribution in [0.2, 0.25) is 0 Å². The predicted molar refractivity (Wildman–Crippen MR) is 72.5 cm³/mol. The zero-order valence-corrected chi connectivity index (χ0v) is 11.4. The lowest BCUT2D eigenvalue weighted by molar-refractivity contribution is 0.144. The van der Waals surface area contributed by atoms with E-state index < -0.39 is 12.7 Å². The Morgan fingerprint density at radius 1 is 1.50 bits per heavy atom. The molecule has 5 nitrogen and oxygen atoms in total. The van der Waals surface area contributed by atoms with Crippen LogP contribution in [0.5, 0.6) is 11.5 Å². The summed E-state index contributed by atoms with van der Waals surface area (Å²) in [5.74, 6) is 0.111. The van der Waals surface area contributed by atoms with Crippen molar-refractivity contribution in [2.24, 2.45) is 0 Å². The maximum Gasteiger partial charge on any atom is 0.162 e. The summed E-state index contributed by atoms with van der Waals surface area (Å²) in [5.41, 5.74) is 0.758. The van der Waals surface area contributed by atoms with Gasteiger partial charge in [-0.05, 0) is 6.07 Å². The van der Waals surface area contributed by atoms with Crippen molar-refractivity contribution < 1.29 is 14.2 Å². The summed E-state index contributed by atoms with van der Waals surface area (Å²) in [6, 6.07) is 4.43. The summed E-state index contributed by atoms with van der Waals surface area (Å²) in [6.45, 7) is 2.35.